The minimum absolute atomic E-state index is 0.109. The zero-order chi connectivity index (χ0) is 79.6. The third-order valence-corrected chi connectivity index (χ3v) is 23.3. The van der Waals surface area contributed by atoms with Crippen LogP contribution in [0, 0.1) is 0 Å². The first-order valence-corrected chi connectivity index (χ1v) is 49.8. The summed E-state index contributed by atoms with van der Waals surface area (Å²) in [6.07, 6.45) is 80.7. The maximum absolute atomic E-state index is 13.2. The van der Waals surface area contributed by atoms with Crippen molar-refractivity contribution in [3.05, 3.63) is 0 Å². The fourth-order valence-electron chi connectivity index (χ4n) is 14.2. The lowest BCUT2D eigenvalue weighted by Gasteiger charge is -2.21. The van der Waals surface area contributed by atoms with Crippen LogP contribution in [0.25, 0.3) is 0 Å². The Balaban J connectivity index is 5.22. The van der Waals surface area contributed by atoms with Crippen LogP contribution in [0.4, 0.5) is 0 Å². The first-order chi connectivity index (χ1) is 53.2. The van der Waals surface area contributed by atoms with Crippen molar-refractivity contribution in [2.24, 2.45) is 0 Å². The van der Waals surface area contributed by atoms with Gasteiger partial charge in [-0.15, -0.1) is 0 Å². The SMILES string of the molecule is CCCCCCCCCCCCCCCCCCCCCCCCC(=O)O[C@H](COC(=O)CCCCCCCCCCCCCCCCCCCCCCC)COP(=O)(O)OC[C@@H](O)COP(=O)(O)OC[C@@H](COC(=O)CCCCCCCCCCCCCCC)OC(=O)CCCCCCCCCCCCCCC. The topological polar surface area (TPSA) is 237 Å². The highest BCUT2D eigenvalue weighted by atomic mass is 31.2. The lowest BCUT2D eigenvalue weighted by Crippen LogP contribution is -2.30. The predicted octanol–water partition coefficient (Wildman–Crippen LogP) is 28.1. The zero-order valence-corrected chi connectivity index (χ0v) is 73.3. The molecule has 0 aliphatic rings. The Kier molecular flexibility index (Phi) is 82.5. The van der Waals surface area contributed by atoms with Gasteiger partial charge in [0.1, 0.15) is 19.3 Å². The number of esters is 4. The number of carbonyl (C=O) groups is 4. The maximum atomic E-state index is 13.2. The Morgan fingerprint density at radius 1 is 0.220 bits per heavy atom. The number of rotatable bonds is 91. The van der Waals surface area contributed by atoms with Crippen molar-refractivity contribution in [2.45, 2.75) is 515 Å². The van der Waals surface area contributed by atoms with Crippen LogP contribution in [0.2, 0.25) is 0 Å². The first-order valence-electron chi connectivity index (χ1n) is 46.8. The molecule has 0 radical (unpaired) electrons. The van der Waals surface area contributed by atoms with E-state index in [1.165, 1.54) is 327 Å². The summed E-state index contributed by atoms with van der Waals surface area (Å²) in [6.45, 7) is 5.08. The van der Waals surface area contributed by atoms with Gasteiger partial charge in [0.2, 0.25) is 0 Å². The van der Waals surface area contributed by atoms with Gasteiger partial charge in [0.15, 0.2) is 12.2 Å². The molecule has 0 bridgehead atoms. The molecule has 0 saturated heterocycles. The molecule has 3 N–H and O–H groups in total. The van der Waals surface area contributed by atoms with E-state index < -0.39 is 97.5 Å². The first kappa shape index (κ1) is 107. The molecule has 0 aliphatic carbocycles. The van der Waals surface area contributed by atoms with Crippen LogP contribution in [0.1, 0.15) is 496 Å². The second kappa shape index (κ2) is 84.0. The van der Waals surface area contributed by atoms with Crippen LogP contribution in [-0.4, -0.2) is 96.7 Å². The number of aliphatic hydroxyl groups is 1. The fraction of sp³-hybridized carbons (Fsp3) is 0.956. The van der Waals surface area contributed by atoms with Gasteiger partial charge in [0, 0.05) is 25.7 Å². The quantitative estimate of drug-likeness (QED) is 0.0222. The molecule has 0 aromatic heterocycles. The van der Waals surface area contributed by atoms with Crippen molar-refractivity contribution in [3.63, 3.8) is 0 Å². The molecule has 0 fully saturated rings. The van der Waals surface area contributed by atoms with Gasteiger partial charge in [-0.1, -0.05) is 445 Å². The molecule has 0 aliphatic heterocycles. The van der Waals surface area contributed by atoms with Gasteiger partial charge in [-0.3, -0.25) is 37.3 Å². The molecule has 0 aromatic rings. The van der Waals surface area contributed by atoms with Gasteiger partial charge in [-0.2, -0.15) is 0 Å². The summed E-state index contributed by atoms with van der Waals surface area (Å²) in [5.41, 5.74) is 0. The van der Waals surface area contributed by atoms with Gasteiger partial charge < -0.3 is 33.8 Å². The average Bonchev–Trinajstić information content (AvgIpc) is 0.895. The Bertz CT molecular complexity index is 2050. The van der Waals surface area contributed by atoms with Gasteiger partial charge in [0.05, 0.1) is 26.4 Å². The molecule has 5 atom stereocenters. The Morgan fingerprint density at radius 3 is 0.541 bits per heavy atom. The highest BCUT2D eigenvalue weighted by Crippen LogP contribution is 2.45. The van der Waals surface area contributed by atoms with E-state index in [0.29, 0.717) is 25.7 Å². The number of ether oxygens (including phenoxy) is 4. The molecule has 0 rings (SSSR count). The normalized spacial score (nSPS) is 13.6. The standard InChI is InChI=1S/C90H176O17P2/c1-5-9-13-17-21-25-29-33-35-37-39-41-43-45-47-49-53-57-61-65-69-73-77-90(95)107-86(81-101-88(93)75-71-67-63-59-55-52-48-46-44-42-40-38-36-34-30-26-22-18-14-10-6-2)83-105-109(98,99)103-79-84(91)78-102-108(96,97)104-82-85(106-89(94)76-72-68-64-60-56-51-32-28-24-20-16-12-8-4)80-100-87(92)74-70-66-62-58-54-50-31-27-23-19-15-11-7-3/h84-86,91H,5-83H2,1-4H3,(H,96,97)(H,98,99)/t84-,85+,86+/m0/s1. The summed E-state index contributed by atoms with van der Waals surface area (Å²) in [4.78, 5) is 73.4. The number of aliphatic hydroxyl groups excluding tert-OH is 1. The lowest BCUT2D eigenvalue weighted by atomic mass is 10.0. The molecule has 2 unspecified atom stereocenters. The van der Waals surface area contributed by atoms with Crippen molar-refractivity contribution < 1.29 is 80.2 Å². The van der Waals surface area contributed by atoms with Crippen LogP contribution < -0.4 is 0 Å². The van der Waals surface area contributed by atoms with E-state index in [4.69, 9.17) is 37.0 Å². The van der Waals surface area contributed by atoms with E-state index in [2.05, 4.69) is 27.7 Å². The van der Waals surface area contributed by atoms with Gasteiger partial charge >= 0.3 is 39.5 Å². The second-order valence-corrected chi connectivity index (χ2v) is 35.3. The Hall–Kier alpha value is -1.94. The number of phosphoric ester groups is 2. The number of hydrogen-bond donors (Lipinski definition) is 3. The van der Waals surface area contributed by atoms with Crippen molar-refractivity contribution >= 4 is 39.5 Å². The molecule has 0 spiro atoms. The van der Waals surface area contributed by atoms with Gasteiger partial charge in [-0.05, 0) is 25.7 Å². The largest absolute Gasteiger partial charge is 0.472 e. The van der Waals surface area contributed by atoms with Crippen LogP contribution >= 0.6 is 15.6 Å². The lowest BCUT2D eigenvalue weighted by molar-refractivity contribution is -0.161. The minimum Gasteiger partial charge on any atom is -0.462 e. The summed E-state index contributed by atoms with van der Waals surface area (Å²) in [5.74, 6) is -2.09. The summed E-state index contributed by atoms with van der Waals surface area (Å²) >= 11 is 0. The van der Waals surface area contributed by atoms with E-state index in [0.717, 1.165) is 89.9 Å². The Labute approximate surface area is 670 Å². The number of hydrogen-bond acceptors (Lipinski definition) is 15. The van der Waals surface area contributed by atoms with E-state index in [1.807, 2.05) is 0 Å². The van der Waals surface area contributed by atoms with E-state index >= 15 is 0 Å². The van der Waals surface area contributed by atoms with E-state index in [-0.39, 0.29) is 25.7 Å². The van der Waals surface area contributed by atoms with Crippen molar-refractivity contribution in [1.29, 1.82) is 0 Å². The van der Waals surface area contributed by atoms with Crippen LogP contribution in [0.3, 0.4) is 0 Å². The van der Waals surface area contributed by atoms with Crippen LogP contribution in [0.5, 0.6) is 0 Å². The number of phosphoric acid groups is 2. The smallest absolute Gasteiger partial charge is 0.462 e. The van der Waals surface area contributed by atoms with Crippen molar-refractivity contribution in [1.82, 2.24) is 0 Å². The molecule has 109 heavy (non-hydrogen) atoms. The van der Waals surface area contributed by atoms with Gasteiger partial charge in [0.25, 0.3) is 0 Å². The predicted molar refractivity (Wildman–Crippen MR) is 451 cm³/mol. The number of carbonyl (C=O) groups excluding carboxylic acids is 4. The number of unbranched alkanes of at least 4 members (excludes halogenated alkanes) is 65. The van der Waals surface area contributed by atoms with Gasteiger partial charge in [-0.25, -0.2) is 9.13 Å². The summed E-state index contributed by atoms with van der Waals surface area (Å²) in [7, 11) is -9.93. The molecular weight excluding hydrogens is 1410 g/mol. The average molecular weight is 1590 g/mol. The van der Waals surface area contributed by atoms with E-state index in [9.17, 15) is 43.2 Å². The highest BCUT2D eigenvalue weighted by Gasteiger charge is 2.30. The molecule has 19 heteroatoms. The molecule has 17 nitrogen and oxygen atoms in total. The third kappa shape index (κ3) is 83.8. The van der Waals surface area contributed by atoms with Crippen LogP contribution in [-0.2, 0) is 65.4 Å². The maximum Gasteiger partial charge on any atom is 0.472 e. The molecular formula is C90H176O17P2. The zero-order valence-electron chi connectivity index (χ0n) is 71.5. The summed E-state index contributed by atoms with van der Waals surface area (Å²) in [5, 5.41) is 10.7. The third-order valence-electron chi connectivity index (χ3n) is 21.4. The van der Waals surface area contributed by atoms with Crippen molar-refractivity contribution in [2.75, 3.05) is 39.6 Å². The summed E-state index contributed by atoms with van der Waals surface area (Å²) in [6, 6.07) is 0. The molecule has 0 heterocycles. The highest BCUT2D eigenvalue weighted by molar-refractivity contribution is 7.47. The molecule has 0 aromatic carbocycles. The van der Waals surface area contributed by atoms with E-state index in [1.54, 1.807) is 0 Å². The fourth-order valence-corrected chi connectivity index (χ4v) is 15.8. The molecule has 648 valence electrons. The summed E-state index contributed by atoms with van der Waals surface area (Å²) < 4.78 is 69.0. The molecule has 0 saturated carbocycles. The minimum atomic E-state index is -4.97. The van der Waals surface area contributed by atoms with Crippen molar-refractivity contribution in [3.8, 4) is 0 Å². The van der Waals surface area contributed by atoms with Crippen LogP contribution in [0.15, 0.2) is 0 Å². The second-order valence-electron chi connectivity index (χ2n) is 32.3. The monoisotopic (exact) mass is 1590 g/mol. The Morgan fingerprint density at radius 2 is 0.367 bits per heavy atom. The molecule has 0 amide bonds.